The van der Waals surface area contributed by atoms with Gasteiger partial charge in [-0.05, 0) is 196 Å². The second-order valence-electron chi connectivity index (χ2n) is 22.2. The summed E-state index contributed by atoms with van der Waals surface area (Å²) in [7, 11) is 0. The lowest BCUT2D eigenvalue weighted by atomic mass is 9.77. The monoisotopic (exact) mass is 852 g/mol. The van der Waals surface area contributed by atoms with Crippen molar-refractivity contribution in [1.82, 2.24) is 0 Å². The van der Waals surface area contributed by atoms with Gasteiger partial charge in [0.1, 0.15) is 0 Å². The molecular weight excluding hydrogens is 797 g/mol. The van der Waals surface area contributed by atoms with Crippen LogP contribution in [-0.4, -0.2) is 5.11 Å². The lowest BCUT2D eigenvalue weighted by molar-refractivity contribution is 0.282. The summed E-state index contributed by atoms with van der Waals surface area (Å²) in [4.78, 5) is 0. The van der Waals surface area contributed by atoms with Crippen molar-refractivity contribution in [2.75, 3.05) is 0 Å². The van der Waals surface area contributed by atoms with Gasteiger partial charge in [-0.25, -0.2) is 0 Å². The third-order valence-corrected chi connectivity index (χ3v) is 14.9. The minimum absolute atomic E-state index is 0.0249. The zero-order valence-electron chi connectivity index (χ0n) is 39.7. The summed E-state index contributed by atoms with van der Waals surface area (Å²) in [6.45, 7) is 20.9. The van der Waals surface area contributed by atoms with E-state index in [2.05, 4.69) is 220 Å². The highest BCUT2D eigenvalue weighted by atomic mass is 16.3. The molecule has 1 N–H and O–H groups in total. The number of aliphatic hydroxyl groups excluding tert-OH is 1. The lowest BCUT2D eigenvalue weighted by Gasteiger charge is -2.27. The van der Waals surface area contributed by atoms with Crippen molar-refractivity contribution in [1.29, 1.82) is 0 Å². The van der Waals surface area contributed by atoms with Gasteiger partial charge in [0.2, 0.25) is 0 Å². The van der Waals surface area contributed by atoms with Crippen LogP contribution in [0.1, 0.15) is 84.6 Å². The molecular formula is C65H56O. The van der Waals surface area contributed by atoms with E-state index in [1.807, 2.05) is 0 Å². The third-order valence-electron chi connectivity index (χ3n) is 14.9. The molecule has 2 aliphatic rings. The maximum atomic E-state index is 11.6. The molecule has 0 aromatic heterocycles. The van der Waals surface area contributed by atoms with Gasteiger partial charge in [0, 0.05) is 0 Å². The fourth-order valence-corrected chi connectivity index (χ4v) is 11.4. The second kappa shape index (κ2) is 14.1. The molecule has 10 aromatic carbocycles. The highest BCUT2D eigenvalue weighted by molar-refractivity contribution is 6.33. The molecule has 0 fully saturated rings. The van der Waals surface area contributed by atoms with E-state index in [9.17, 15) is 5.11 Å². The minimum atomic E-state index is -0.0550. The van der Waals surface area contributed by atoms with Crippen LogP contribution in [-0.2, 0) is 22.9 Å². The zero-order chi connectivity index (χ0) is 45.6. The first-order valence-corrected chi connectivity index (χ1v) is 23.8. The van der Waals surface area contributed by atoms with Crippen molar-refractivity contribution in [3.05, 3.63) is 180 Å². The first kappa shape index (κ1) is 40.7. The predicted octanol–water partition coefficient (Wildman–Crippen LogP) is 18.0. The van der Waals surface area contributed by atoms with Crippen LogP contribution in [0.15, 0.2) is 158 Å². The van der Waals surface area contributed by atoms with Gasteiger partial charge in [-0.2, -0.15) is 0 Å². The molecule has 0 atom stereocenters. The summed E-state index contributed by atoms with van der Waals surface area (Å²) < 4.78 is 0. The van der Waals surface area contributed by atoms with E-state index in [0.717, 1.165) is 5.56 Å². The maximum absolute atomic E-state index is 11.6. The largest absolute Gasteiger partial charge is 0.392 e. The topological polar surface area (TPSA) is 20.2 Å². The Labute approximate surface area is 389 Å². The molecule has 10 aromatic rings. The maximum Gasteiger partial charge on any atom is 0.0688 e. The molecule has 0 heterocycles. The number of aliphatic hydroxyl groups is 1. The average Bonchev–Trinajstić information content (AvgIpc) is 3.79. The zero-order valence-corrected chi connectivity index (χ0v) is 39.7. The molecule has 0 saturated carbocycles. The molecule has 1 heteroatoms. The van der Waals surface area contributed by atoms with Gasteiger partial charge in [0.05, 0.1) is 6.61 Å². The number of hydrogen-bond donors (Lipinski definition) is 1. The molecule has 0 spiro atoms. The number of fused-ring (bicyclic) bond motifs is 9. The fraction of sp³-hybridized carbons (Fsp3) is 0.200. The van der Waals surface area contributed by atoms with E-state index in [1.54, 1.807) is 0 Å². The number of benzene rings is 10. The van der Waals surface area contributed by atoms with Crippen LogP contribution in [0.25, 0.3) is 121 Å². The van der Waals surface area contributed by atoms with Crippen LogP contribution >= 0.6 is 0 Å². The standard InChI is InChI=1S/C65H56O/c1-63(2,3)44-23-17-22-39(27-44)49-35-55-60-54(30-40-21-14-16-25-48(40)57(60)42-28-45(64(4,5)6)33-46(29-42)65(7,8)9)58-43(36-66)32-53-51-34-50-41(31-52(51)59(49)61(53)62(55)58)26-38-20-13-15-24-47(38)56(50)37-18-11-10-12-19-37/h10-35,66H,36H2,1-9H3. The van der Waals surface area contributed by atoms with Gasteiger partial charge in [0.25, 0.3) is 0 Å². The summed E-state index contributed by atoms with van der Waals surface area (Å²) in [5.41, 5.74) is 22.2. The van der Waals surface area contributed by atoms with Crippen molar-refractivity contribution in [2.24, 2.45) is 0 Å². The molecule has 322 valence electrons. The van der Waals surface area contributed by atoms with E-state index in [1.165, 1.54) is 138 Å². The van der Waals surface area contributed by atoms with Gasteiger partial charge in [0.15, 0.2) is 0 Å². The Morgan fingerprint density at radius 1 is 0.318 bits per heavy atom. The first-order valence-electron chi connectivity index (χ1n) is 23.8. The summed E-state index contributed by atoms with van der Waals surface area (Å²) in [6.07, 6.45) is 0. The van der Waals surface area contributed by atoms with Crippen LogP contribution < -0.4 is 0 Å². The van der Waals surface area contributed by atoms with Gasteiger partial charge < -0.3 is 5.11 Å². The Morgan fingerprint density at radius 2 is 0.894 bits per heavy atom. The molecule has 0 radical (unpaired) electrons. The number of hydrogen-bond acceptors (Lipinski definition) is 1. The molecule has 2 aliphatic carbocycles. The Hall–Kier alpha value is -6.80. The van der Waals surface area contributed by atoms with Gasteiger partial charge in [-0.15, -0.1) is 0 Å². The molecule has 1 nitrogen and oxygen atoms in total. The Kier molecular flexibility index (Phi) is 8.69. The summed E-state index contributed by atoms with van der Waals surface area (Å²) in [5, 5.41) is 21.6. The molecule has 12 rings (SSSR count). The highest BCUT2D eigenvalue weighted by Gasteiger charge is 2.37. The van der Waals surface area contributed by atoms with Crippen molar-refractivity contribution in [2.45, 2.75) is 85.2 Å². The summed E-state index contributed by atoms with van der Waals surface area (Å²) >= 11 is 0. The van der Waals surface area contributed by atoms with Gasteiger partial charge in [-0.3, -0.25) is 0 Å². The second-order valence-corrected chi connectivity index (χ2v) is 22.2. The fourth-order valence-electron chi connectivity index (χ4n) is 11.4. The molecule has 66 heavy (non-hydrogen) atoms. The van der Waals surface area contributed by atoms with E-state index in [0.29, 0.717) is 0 Å². The van der Waals surface area contributed by atoms with Crippen LogP contribution in [0.2, 0.25) is 0 Å². The molecule has 0 aliphatic heterocycles. The highest BCUT2D eigenvalue weighted by Crippen LogP contribution is 2.63. The smallest absolute Gasteiger partial charge is 0.0688 e. The van der Waals surface area contributed by atoms with Crippen molar-refractivity contribution >= 4 is 43.1 Å². The molecule has 0 amide bonds. The molecule has 0 bridgehead atoms. The van der Waals surface area contributed by atoms with Crippen molar-refractivity contribution in [3.8, 4) is 77.9 Å². The molecule has 0 saturated heterocycles. The van der Waals surface area contributed by atoms with E-state index >= 15 is 0 Å². The van der Waals surface area contributed by atoms with Crippen LogP contribution in [0.5, 0.6) is 0 Å². The molecule has 0 unspecified atom stereocenters. The normalized spacial score (nSPS) is 13.1. The predicted molar refractivity (Wildman–Crippen MR) is 284 cm³/mol. The minimum Gasteiger partial charge on any atom is -0.392 e. The SMILES string of the molecule is CC(C)(C)c1cccc(-c2cc3c4c(c(CO)cc5c4c2-c2cc4cc6ccccc6c(-c6ccccc6)c4cc2-5)-c2cc4ccccc4c(-c4cc(C(C)(C)C)cc(C(C)(C)C)c4)c2-3)c1. The summed E-state index contributed by atoms with van der Waals surface area (Å²) in [5.74, 6) is 0. The Balaban J connectivity index is 1.26. The Bertz CT molecular complexity index is 3680. The van der Waals surface area contributed by atoms with Crippen LogP contribution in [0, 0.1) is 0 Å². The van der Waals surface area contributed by atoms with E-state index in [-0.39, 0.29) is 22.9 Å². The summed E-state index contributed by atoms with van der Waals surface area (Å²) in [6, 6.07) is 60.0. The van der Waals surface area contributed by atoms with E-state index in [4.69, 9.17) is 0 Å². The van der Waals surface area contributed by atoms with Crippen LogP contribution in [0.3, 0.4) is 0 Å². The van der Waals surface area contributed by atoms with Crippen molar-refractivity contribution < 1.29 is 5.11 Å². The Morgan fingerprint density at radius 3 is 1.56 bits per heavy atom. The van der Waals surface area contributed by atoms with Crippen LogP contribution in [0.4, 0.5) is 0 Å². The van der Waals surface area contributed by atoms with Crippen molar-refractivity contribution in [3.63, 3.8) is 0 Å². The third kappa shape index (κ3) is 6.02. The van der Waals surface area contributed by atoms with Gasteiger partial charge >= 0.3 is 0 Å². The quantitative estimate of drug-likeness (QED) is 0.175. The average molecular weight is 853 g/mol. The van der Waals surface area contributed by atoms with E-state index < -0.39 is 0 Å². The number of rotatable bonds is 4. The lowest BCUT2D eigenvalue weighted by Crippen LogP contribution is -2.16. The van der Waals surface area contributed by atoms with Gasteiger partial charge in [-0.1, -0.05) is 184 Å². The first-order chi connectivity index (χ1) is 31.6.